The summed E-state index contributed by atoms with van der Waals surface area (Å²) in [5, 5.41) is 5.68. The summed E-state index contributed by atoms with van der Waals surface area (Å²) in [6.07, 6.45) is 3.74. The van der Waals surface area contributed by atoms with Crippen LogP contribution in [0.15, 0.2) is 29.1 Å². The second-order valence-electron chi connectivity index (χ2n) is 8.24. The van der Waals surface area contributed by atoms with Gasteiger partial charge >= 0.3 is 0 Å². The zero-order valence-corrected chi connectivity index (χ0v) is 17.8. The second kappa shape index (κ2) is 9.05. The summed E-state index contributed by atoms with van der Waals surface area (Å²) in [4.78, 5) is 27.9. The molecule has 1 aliphatic heterocycles. The lowest BCUT2D eigenvalue weighted by atomic mass is 9.79. The van der Waals surface area contributed by atoms with Crippen molar-refractivity contribution in [3.63, 3.8) is 0 Å². The van der Waals surface area contributed by atoms with Crippen molar-refractivity contribution in [2.75, 3.05) is 13.1 Å². The molecule has 0 aliphatic carbocycles. The van der Waals surface area contributed by atoms with Gasteiger partial charge in [-0.25, -0.2) is 4.68 Å². The number of hydrogen-bond acceptors (Lipinski definition) is 4. The van der Waals surface area contributed by atoms with E-state index in [-0.39, 0.29) is 35.3 Å². The van der Waals surface area contributed by atoms with E-state index in [0.29, 0.717) is 36.1 Å². The first-order valence-corrected chi connectivity index (χ1v) is 9.90. The van der Waals surface area contributed by atoms with Gasteiger partial charge in [-0.05, 0) is 24.3 Å². The van der Waals surface area contributed by atoms with Gasteiger partial charge in [0.05, 0.1) is 5.39 Å². The highest BCUT2D eigenvalue weighted by molar-refractivity contribution is 6.04. The molecule has 1 saturated heterocycles. The molecule has 2 N–H and O–H groups in total. The molecule has 2 aromatic rings. The predicted octanol–water partition coefficient (Wildman–Crippen LogP) is 3.21. The van der Waals surface area contributed by atoms with Crippen molar-refractivity contribution in [2.45, 2.75) is 59.0 Å². The summed E-state index contributed by atoms with van der Waals surface area (Å²) in [5.41, 5.74) is 6.32. The quantitative estimate of drug-likeness (QED) is 0.773. The molecule has 1 aromatic heterocycles. The van der Waals surface area contributed by atoms with Crippen LogP contribution in [0.25, 0.3) is 10.8 Å². The van der Waals surface area contributed by atoms with Crippen molar-refractivity contribution in [2.24, 2.45) is 11.1 Å². The number of aryl methyl sites for hydroxylation is 1. The molecule has 28 heavy (non-hydrogen) atoms. The standard InChI is InChI=1S/C21H30N4O2.ClH/c1-4-5-8-12-25-19(26)16-10-7-6-9-15(16)18(23-25)20(27)24-13-11-17(22)21(2,3)14-24;/h6-7,9-10,17H,4-5,8,11-14,22H2,1-3H3;1H. The number of hydrogen-bond donors (Lipinski definition) is 1. The first-order valence-electron chi connectivity index (χ1n) is 9.90. The number of rotatable bonds is 5. The molecule has 0 bridgehead atoms. The maximum absolute atomic E-state index is 13.3. The third-order valence-electron chi connectivity index (χ3n) is 5.64. The Morgan fingerprint density at radius 2 is 1.93 bits per heavy atom. The molecule has 0 spiro atoms. The first-order chi connectivity index (χ1) is 12.8. The highest BCUT2D eigenvalue weighted by Gasteiger charge is 2.36. The molecule has 3 rings (SSSR count). The fraction of sp³-hybridized carbons (Fsp3) is 0.571. The van der Waals surface area contributed by atoms with Crippen LogP contribution in [0.3, 0.4) is 0 Å². The Kier molecular flexibility index (Phi) is 7.23. The van der Waals surface area contributed by atoms with Crippen LogP contribution < -0.4 is 11.3 Å². The van der Waals surface area contributed by atoms with Gasteiger partial charge in [-0.1, -0.05) is 51.8 Å². The predicted molar refractivity (Wildman–Crippen MR) is 115 cm³/mol. The first kappa shape index (κ1) is 22.4. The van der Waals surface area contributed by atoms with Crippen LogP contribution in [-0.4, -0.2) is 39.7 Å². The number of benzene rings is 1. The molecule has 1 aromatic carbocycles. The molecule has 0 saturated carbocycles. The van der Waals surface area contributed by atoms with E-state index in [1.807, 2.05) is 23.1 Å². The minimum absolute atomic E-state index is 0. The van der Waals surface area contributed by atoms with E-state index >= 15 is 0 Å². The molecule has 1 unspecified atom stereocenters. The highest BCUT2D eigenvalue weighted by atomic mass is 35.5. The number of nitrogens with zero attached hydrogens (tertiary/aromatic N) is 3. The Morgan fingerprint density at radius 3 is 2.57 bits per heavy atom. The minimum atomic E-state index is -0.140. The van der Waals surface area contributed by atoms with Gasteiger partial charge in [0.2, 0.25) is 0 Å². The van der Waals surface area contributed by atoms with Gasteiger partial charge in [-0.2, -0.15) is 5.10 Å². The van der Waals surface area contributed by atoms with E-state index in [4.69, 9.17) is 5.73 Å². The average molecular weight is 407 g/mol. The monoisotopic (exact) mass is 406 g/mol. The van der Waals surface area contributed by atoms with E-state index < -0.39 is 0 Å². The van der Waals surface area contributed by atoms with Gasteiger partial charge < -0.3 is 10.6 Å². The van der Waals surface area contributed by atoms with Crippen LogP contribution >= 0.6 is 12.4 Å². The summed E-state index contributed by atoms with van der Waals surface area (Å²) < 4.78 is 1.46. The lowest BCUT2D eigenvalue weighted by molar-refractivity contribution is 0.0527. The summed E-state index contributed by atoms with van der Waals surface area (Å²) in [6.45, 7) is 8.05. The molecular formula is C21H31ClN4O2. The topological polar surface area (TPSA) is 81.2 Å². The molecule has 7 heteroatoms. The SMILES string of the molecule is CCCCCn1nc(C(=O)N2CCC(N)C(C)(C)C2)c2ccccc2c1=O.Cl. The van der Waals surface area contributed by atoms with Crippen molar-refractivity contribution in [1.29, 1.82) is 0 Å². The molecule has 1 aliphatic rings. The Balaban J connectivity index is 0.00000280. The number of carbonyl (C=O) groups is 1. The van der Waals surface area contributed by atoms with Crippen molar-refractivity contribution in [3.05, 3.63) is 40.3 Å². The Hall–Kier alpha value is -1.92. The number of fused-ring (bicyclic) bond motifs is 1. The molecule has 1 atom stereocenters. The zero-order chi connectivity index (χ0) is 19.6. The summed E-state index contributed by atoms with van der Waals surface area (Å²) >= 11 is 0. The van der Waals surface area contributed by atoms with E-state index in [1.54, 1.807) is 6.07 Å². The zero-order valence-electron chi connectivity index (χ0n) is 17.0. The van der Waals surface area contributed by atoms with Gasteiger partial charge in [0.25, 0.3) is 11.5 Å². The normalized spacial score (nSPS) is 18.7. The van der Waals surface area contributed by atoms with Gasteiger partial charge in [0.1, 0.15) is 0 Å². The molecule has 1 amide bonds. The van der Waals surface area contributed by atoms with Crippen molar-refractivity contribution in [3.8, 4) is 0 Å². The third kappa shape index (κ3) is 4.39. The van der Waals surface area contributed by atoms with Gasteiger partial charge in [-0.15, -0.1) is 12.4 Å². The number of aromatic nitrogens is 2. The van der Waals surface area contributed by atoms with E-state index in [1.165, 1.54) is 4.68 Å². The van der Waals surface area contributed by atoms with Crippen molar-refractivity contribution in [1.82, 2.24) is 14.7 Å². The average Bonchev–Trinajstić information content (AvgIpc) is 2.65. The van der Waals surface area contributed by atoms with Gasteiger partial charge in [-0.3, -0.25) is 9.59 Å². The Bertz CT molecular complexity index is 894. The molecule has 154 valence electrons. The number of piperidine rings is 1. The Morgan fingerprint density at radius 1 is 1.25 bits per heavy atom. The number of nitrogens with two attached hydrogens (primary N) is 1. The summed E-state index contributed by atoms with van der Waals surface area (Å²) in [6, 6.07) is 7.35. The number of halogens is 1. The van der Waals surface area contributed by atoms with Crippen LogP contribution in [0.4, 0.5) is 0 Å². The van der Waals surface area contributed by atoms with E-state index in [2.05, 4.69) is 25.9 Å². The molecule has 0 radical (unpaired) electrons. The number of carbonyl (C=O) groups excluding carboxylic acids is 1. The van der Waals surface area contributed by atoms with Crippen LogP contribution in [0.2, 0.25) is 0 Å². The third-order valence-corrected chi connectivity index (χ3v) is 5.64. The fourth-order valence-electron chi connectivity index (χ4n) is 3.75. The largest absolute Gasteiger partial charge is 0.337 e. The number of likely N-dealkylation sites (tertiary alicyclic amines) is 1. The van der Waals surface area contributed by atoms with Crippen LogP contribution in [0, 0.1) is 5.41 Å². The van der Waals surface area contributed by atoms with E-state index in [0.717, 1.165) is 25.7 Å². The number of amides is 1. The smallest absolute Gasteiger partial charge is 0.274 e. The van der Waals surface area contributed by atoms with Gasteiger partial charge in [0.15, 0.2) is 5.69 Å². The molecule has 2 heterocycles. The molecular weight excluding hydrogens is 376 g/mol. The van der Waals surface area contributed by atoms with Crippen LogP contribution in [-0.2, 0) is 6.54 Å². The maximum Gasteiger partial charge on any atom is 0.274 e. The lowest BCUT2D eigenvalue weighted by Gasteiger charge is -2.42. The molecule has 1 fully saturated rings. The van der Waals surface area contributed by atoms with Crippen LogP contribution in [0.1, 0.15) is 56.9 Å². The van der Waals surface area contributed by atoms with Crippen molar-refractivity contribution >= 4 is 29.1 Å². The van der Waals surface area contributed by atoms with Crippen LogP contribution in [0.5, 0.6) is 0 Å². The Labute approximate surface area is 172 Å². The summed E-state index contributed by atoms with van der Waals surface area (Å²) in [5.74, 6) is -0.115. The second-order valence-corrected chi connectivity index (χ2v) is 8.24. The summed E-state index contributed by atoms with van der Waals surface area (Å²) in [7, 11) is 0. The van der Waals surface area contributed by atoms with E-state index in [9.17, 15) is 9.59 Å². The van der Waals surface area contributed by atoms with Crippen molar-refractivity contribution < 1.29 is 4.79 Å². The van der Waals surface area contributed by atoms with Gasteiger partial charge in [0, 0.05) is 31.1 Å². The highest BCUT2D eigenvalue weighted by Crippen LogP contribution is 2.29. The lowest BCUT2D eigenvalue weighted by Crippen LogP contribution is -2.54. The molecule has 6 nitrogen and oxygen atoms in total. The maximum atomic E-state index is 13.3. The fourth-order valence-corrected chi connectivity index (χ4v) is 3.75. The minimum Gasteiger partial charge on any atom is -0.337 e. The number of unbranched alkanes of at least 4 members (excludes halogenated alkanes) is 2.